The normalized spacial score (nSPS) is 27.3. The minimum Gasteiger partial charge on any atom is -0.194 e. The maximum Gasteiger partial charge on any atom is 0.0917 e. The largest absolute Gasteiger partial charge is 0.194 e. The zero-order valence-electron chi connectivity index (χ0n) is 14.6. The van der Waals surface area contributed by atoms with Gasteiger partial charge in [0.05, 0.1) is 12.6 Å². The Kier molecular flexibility index (Phi) is 9.53. The molecule has 2 heteroatoms. The third kappa shape index (κ3) is 7.56. The van der Waals surface area contributed by atoms with Crippen LogP contribution in [0.2, 0.25) is 0 Å². The summed E-state index contributed by atoms with van der Waals surface area (Å²) < 4.78 is 0. The Morgan fingerprint density at radius 2 is 1.32 bits per heavy atom. The van der Waals surface area contributed by atoms with Crippen molar-refractivity contribution in [2.45, 2.75) is 109 Å². The summed E-state index contributed by atoms with van der Waals surface area (Å²) in [5.74, 6) is 0. The fraction of sp³-hybridized carbons (Fsp3) is 0.900. The molecule has 0 fully saturated rings. The number of azo groups is 1. The van der Waals surface area contributed by atoms with E-state index < -0.39 is 0 Å². The number of hydrogen-bond donors (Lipinski definition) is 0. The quantitative estimate of drug-likeness (QED) is 0.466. The van der Waals surface area contributed by atoms with E-state index in [2.05, 4.69) is 11.2 Å². The Labute approximate surface area is 137 Å². The lowest BCUT2D eigenvalue weighted by molar-refractivity contribution is 0.547. The first-order valence-electron chi connectivity index (χ1n) is 10.0. The summed E-state index contributed by atoms with van der Waals surface area (Å²) >= 11 is 0. The Hall–Kier alpha value is -0.660. The van der Waals surface area contributed by atoms with E-state index >= 15 is 0 Å². The maximum absolute atomic E-state index is 4.76. The molecule has 126 valence electrons. The topological polar surface area (TPSA) is 24.7 Å². The highest BCUT2D eigenvalue weighted by Gasteiger charge is 2.14. The Bertz CT molecular complexity index is 333. The van der Waals surface area contributed by atoms with Gasteiger partial charge in [0.25, 0.3) is 0 Å². The van der Waals surface area contributed by atoms with Crippen LogP contribution in [0.3, 0.4) is 0 Å². The van der Waals surface area contributed by atoms with Crippen LogP contribution in [0.1, 0.15) is 103 Å². The van der Waals surface area contributed by atoms with Crippen LogP contribution in [0.25, 0.3) is 0 Å². The first-order chi connectivity index (χ1) is 11.0. The summed E-state index contributed by atoms with van der Waals surface area (Å²) in [4.78, 5) is 0. The van der Waals surface area contributed by atoms with Gasteiger partial charge in [-0.3, -0.25) is 0 Å². The highest BCUT2D eigenvalue weighted by molar-refractivity contribution is 5.11. The molecule has 0 saturated carbocycles. The van der Waals surface area contributed by atoms with Crippen molar-refractivity contribution in [1.29, 1.82) is 0 Å². The first-order valence-corrected chi connectivity index (χ1v) is 10.0. The summed E-state index contributed by atoms with van der Waals surface area (Å²) in [6.07, 6.45) is 24.2. The van der Waals surface area contributed by atoms with Crippen molar-refractivity contribution in [2.75, 3.05) is 6.54 Å². The van der Waals surface area contributed by atoms with Crippen molar-refractivity contribution in [3.63, 3.8) is 0 Å². The number of nitrogens with zero attached hydrogens (tertiary/aromatic N) is 2. The van der Waals surface area contributed by atoms with Crippen LogP contribution in [0.5, 0.6) is 0 Å². The Morgan fingerprint density at radius 1 is 0.682 bits per heavy atom. The van der Waals surface area contributed by atoms with Crippen molar-refractivity contribution in [2.24, 2.45) is 10.2 Å². The molecule has 0 aromatic heterocycles. The second-order valence-electron chi connectivity index (χ2n) is 7.20. The lowest BCUT2D eigenvalue weighted by Crippen LogP contribution is -2.09. The minimum absolute atomic E-state index is 0.402. The predicted octanol–water partition coefficient (Wildman–Crippen LogP) is 7.00. The van der Waals surface area contributed by atoms with E-state index in [0.717, 1.165) is 6.54 Å². The molecule has 2 rings (SSSR count). The van der Waals surface area contributed by atoms with Crippen LogP contribution in [0.15, 0.2) is 21.9 Å². The average molecular weight is 305 g/mol. The lowest BCUT2D eigenvalue weighted by Gasteiger charge is -2.16. The SMILES string of the molecule is C1=C(C2CCCCCCCCN=N2)CCCCCCCCC1. The number of hydrogen-bond acceptors (Lipinski definition) is 2. The molecule has 0 spiro atoms. The van der Waals surface area contributed by atoms with Crippen molar-refractivity contribution in [3.8, 4) is 0 Å². The second kappa shape index (κ2) is 11.8. The molecule has 1 heterocycles. The second-order valence-corrected chi connectivity index (χ2v) is 7.20. The molecule has 0 aromatic carbocycles. The third-order valence-corrected chi connectivity index (χ3v) is 5.21. The molecule has 2 aliphatic rings. The molecule has 2 nitrogen and oxygen atoms in total. The minimum atomic E-state index is 0.402. The molecule has 0 N–H and O–H groups in total. The molecular weight excluding hydrogens is 268 g/mol. The maximum atomic E-state index is 4.76. The highest BCUT2D eigenvalue weighted by atomic mass is 15.1. The smallest absolute Gasteiger partial charge is 0.0917 e. The zero-order chi connectivity index (χ0) is 15.3. The van der Waals surface area contributed by atoms with Crippen molar-refractivity contribution >= 4 is 0 Å². The summed E-state index contributed by atoms with van der Waals surface area (Å²) in [5.41, 5.74) is 1.62. The van der Waals surface area contributed by atoms with Gasteiger partial charge < -0.3 is 0 Å². The van der Waals surface area contributed by atoms with Crippen LogP contribution in [0.4, 0.5) is 0 Å². The van der Waals surface area contributed by atoms with Gasteiger partial charge in [0, 0.05) is 0 Å². The standard InChI is InChI=1S/C20H36N2/c1-2-4-8-12-16-19(15-11-7-3-1)20-17-13-9-5-6-10-14-18-21-22-20/h15,20H,1-14,16-18H2. The molecule has 1 aliphatic heterocycles. The zero-order valence-corrected chi connectivity index (χ0v) is 14.6. The van der Waals surface area contributed by atoms with Gasteiger partial charge in [-0.1, -0.05) is 70.3 Å². The van der Waals surface area contributed by atoms with E-state index in [-0.39, 0.29) is 0 Å². The van der Waals surface area contributed by atoms with Crippen LogP contribution in [-0.4, -0.2) is 12.6 Å². The number of rotatable bonds is 1. The van der Waals surface area contributed by atoms with Gasteiger partial charge in [0.1, 0.15) is 0 Å². The van der Waals surface area contributed by atoms with Gasteiger partial charge in [-0.2, -0.15) is 10.2 Å². The molecule has 0 bridgehead atoms. The highest BCUT2D eigenvalue weighted by Crippen LogP contribution is 2.25. The monoisotopic (exact) mass is 304 g/mol. The first kappa shape index (κ1) is 17.7. The molecule has 1 aliphatic carbocycles. The fourth-order valence-corrected chi connectivity index (χ4v) is 3.75. The van der Waals surface area contributed by atoms with Gasteiger partial charge in [-0.15, -0.1) is 0 Å². The van der Waals surface area contributed by atoms with Crippen LogP contribution in [0, 0.1) is 0 Å². The lowest BCUT2D eigenvalue weighted by atomic mass is 9.95. The molecule has 22 heavy (non-hydrogen) atoms. The van der Waals surface area contributed by atoms with Gasteiger partial charge in [0.2, 0.25) is 0 Å². The van der Waals surface area contributed by atoms with Crippen molar-refractivity contribution < 1.29 is 0 Å². The molecule has 0 aromatic rings. The van der Waals surface area contributed by atoms with E-state index in [1.807, 2.05) is 0 Å². The van der Waals surface area contributed by atoms with Gasteiger partial charge >= 0.3 is 0 Å². The Balaban J connectivity index is 1.95. The summed E-state index contributed by atoms with van der Waals surface area (Å²) in [6, 6.07) is 0.402. The van der Waals surface area contributed by atoms with Gasteiger partial charge in [-0.25, -0.2) is 0 Å². The molecule has 0 amide bonds. The molecule has 1 atom stereocenters. The van der Waals surface area contributed by atoms with E-state index in [9.17, 15) is 0 Å². The molecular formula is C20H36N2. The Morgan fingerprint density at radius 3 is 2.14 bits per heavy atom. The summed E-state index contributed by atoms with van der Waals surface area (Å²) in [7, 11) is 0. The van der Waals surface area contributed by atoms with Gasteiger partial charge in [-0.05, 0) is 44.1 Å². The average Bonchev–Trinajstić information content (AvgIpc) is 2.64. The van der Waals surface area contributed by atoms with Crippen LogP contribution >= 0.6 is 0 Å². The summed E-state index contributed by atoms with van der Waals surface area (Å²) in [6.45, 7) is 0.948. The van der Waals surface area contributed by atoms with Gasteiger partial charge in [0.15, 0.2) is 0 Å². The molecule has 0 radical (unpaired) electrons. The van der Waals surface area contributed by atoms with E-state index in [1.165, 1.54) is 103 Å². The van der Waals surface area contributed by atoms with Crippen LogP contribution < -0.4 is 0 Å². The fourth-order valence-electron chi connectivity index (χ4n) is 3.75. The van der Waals surface area contributed by atoms with Crippen molar-refractivity contribution in [3.05, 3.63) is 11.6 Å². The van der Waals surface area contributed by atoms with E-state index in [1.54, 1.807) is 5.57 Å². The predicted molar refractivity (Wildman–Crippen MR) is 95.5 cm³/mol. The van der Waals surface area contributed by atoms with E-state index in [4.69, 9.17) is 5.11 Å². The third-order valence-electron chi connectivity index (χ3n) is 5.21. The summed E-state index contributed by atoms with van der Waals surface area (Å²) in [5, 5.41) is 9.29. The van der Waals surface area contributed by atoms with Crippen molar-refractivity contribution in [1.82, 2.24) is 0 Å². The molecule has 0 saturated heterocycles. The molecule has 1 unspecified atom stereocenters. The van der Waals surface area contributed by atoms with E-state index in [0.29, 0.717) is 6.04 Å². The van der Waals surface area contributed by atoms with Crippen LogP contribution in [-0.2, 0) is 0 Å². The number of allylic oxidation sites excluding steroid dienone is 1.